The van der Waals surface area contributed by atoms with E-state index in [0.717, 1.165) is 34.9 Å². The number of azo groups is 2. The Balaban J connectivity index is 1.71. The third-order valence-corrected chi connectivity index (χ3v) is 5.81. The van der Waals surface area contributed by atoms with Gasteiger partial charge in [-0.15, -0.1) is 0 Å². The SMILES string of the molecule is [O-]C1=C(c2ccc(Br)cc2)[N+]2=N[C@@H]3CCCC3=C[C@]2(c2ccccc2)O1. The minimum Gasteiger partial charge on any atom is -0.542 e. The predicted molar refractivity (Wildman–Crippen MR) is 98.7 cm³/mol. The lowest BCUT2D eigenvalue weighted by atomic mass is 9.95. The molecular formula is C21H17BrN2O2. The molecule has 2 aromatic carbocycles. The van der Waals surface area contributed by atoms with Gasteiger partial charge in [0.15, 0.2) is 0 Å². The summed E-state index contributed by atoms with van der Waals surface area (Å²) in [5.41, 5.74) is 2.53. The second-order valence-electron chi connectivity index (χ2n) is 6.86. The van der Waals surface area contributed by atoms with E-state index in [0.29, 0.717) is 5.70 Å². The Morgan fingerprint density at radius 1 is 1.12 bits per heavy atom. The quantitative estimate of drug-likeness (QED) is 0.549. The molecule has 1 aliphatic carbocycles. The predicted octanol–water partition coefficient (Wildman–Crippen LogP) is 4.28. The molecule has 1 saturated carbocycles. The van der Waals surface area contributed by atoms with Crippen LogP contribution in [0.25, 0.3) is 5.70 Å². The van der Waals surface area contributed by atoms with Gasteiger partial charge >= 0.3 is 5.72 Å². The molecule has 130 valence electrons. The normalized spacial score (nSPS) is 26.7. The summed E-state index contributed by atoms with van der Waals surface area (Å²) in [5.74, 6) is -0.336. The molecule has 4 nitrogen and oxygen atoms in total. The van der Waals surface area contributed by atoms with Crippen LogP contribution in [0.1, 0.15) is 30.4 Å². The van der Waals surface area contributed by atoms with E-state index >= 15 is 0 Å². The third-order valence-electron chi connectivity index (χ3n) is 5.28. The highest BCUT2D eigenvalue weighted by atomic mass is 79.9. The number of halogens is 1. The Morgan fingerprint density at radius 3 is 2.65 bits per heavy atom. The smallest absolute Gasteiger partial charge is 0.302 e. The number of hydrogen-bond donors (Lipinski definition) is 0. The fourth-order valence-electron chi connectivity index (χ4n) is 4.05. The van der Waals surface area contributed by atoms with E-state index in [9.17, 15) is 5.11 Å². The van der Waals surface area contributed by atoms with Crippen molar-refractivity contribution in [1.82, 2.24) is 0 Å². The molecule has 5 rings (SSSR count). The Labute approximate surface area is 160 Å². The molecule has 5 heteroatoms. The third kappa shape index (κ3) is 2.27. The van der Waals surface area contributed by atoms with E-state index in [2.05, 4.69) is 22.0 Å². The maximum atomic E-state index is 12.9. The molecule has 2 aromatic rings. The van der Waals surface area contributed by atoms with E-state index in [1.54, 1.807) is 0 Å². The zero-order chi connectivity index (χ0) is 17.7. The average Bonchev–Trinajstić information content (AvgIpc) is 3.22. The standard InChI is InChI=1S/C21H17BrN2O2/c22-17-11-9-14(10-12-17)19-20(25)26-21(16-6-2-1-3-7-16)13-15-5-4-8-18(15)23-24(19)21/h1-3,6-7,9-13,18H,4-5,8H2/t18-,21-/m1/s1. The van der Waals surface area contributed by atoms with Crippen molar-refractivity contribution >= 4 is 21.6 Å². The van der Waals surface area contributed by atoms with Crippen molar-refractivity contribution in [1.29, 1.82) is 0 Å². The molecule has 0 bridgehead atoms. The molecule has 0 unspecified atom stereocenters. The molecule has 2 heterocycles. The van der Waals surface area contributed by atoms with Crippen LogP contribution >= 0.6 is 15.9 Å². The number of ether oxygens (including phenoxy) is 1. The van der Waals surface area contributed by atoms with Crippen molar-refractivity contribution in [3.63, 3.8) is 0 Å². The molecule has 1 fully saturated rings. The average molecular weight is 409 g/mol. The fourth-order valence-corrected chi connectivity index (χ4v) is 4.32. The Hall–Kier alpha value is -2.40. The van der Waals surface area contributed by atoms with Gasteiger partial charge in [0.2, 0.25) is 0 Å². The van der Waals surface area contributed by atoms with Crippen LogP contribution in [0, 0.1) is 0 Å². The highest BCUT2D eigenvalue weighted by Gasteiger charge is 2.53. The van der Waals surface area contributed by atoms with E-state index in [1.165, 1.54) is 5.57 Å². The number of rotatable bonds is 2. The highest BCUT2D eigenvalue weighted by Crippen LogP contribution is 2.48. The number of fused-ring (bicyclic) bond motifs is 2. The summed E-state index contributed by atoms with van der Waals surface area (Å²) in [5, 5.41) is 17.9. The van der Waals surface area contributed by atoms with Gasteiger partial charge < -0.3 is 9.84 Å². The van der Waals surface area contributed by atoms with Crippen molar-refractivity contribution in [2.45, 2.75) is 31.0 Å². The maximum absolute atomic E-state index is 12.9. The number of hydrogen-bond acceptors (Lipinski definition) is 3. The van der Waals surface area contributed by atoms with Crippen LogP contribution in [-0.2, 0) is 10.5 Å². The lowest BCUT2D eigenvalue weighted by Crippen LogP contribution is -2.38. The van der Waals surface area contributed by atoms with Crippen LogP contribution in [0.15, 0.2) is 81.8 Å². The minimum absolute atomic E-state index is 0.145. The summed E-state index contributed by atoms with van der Waals surface area (Å²) in [6.45, 7) is 0. The van der Waals surface area contributed by atoms with Crippen LogP contribution in [0.5, 0.6) is 0 Å². The monoisotopic (exact) mass is 408 g/mol. The summed E-state index contributed by atoms with van der Waals surface area (Å²) in [4.78, 5) is 0. The molecule has 0 spiro atoms. The van der Waals surface area contributed by atoms with Gasteiger partial charge in [-0.25, -0.2) is 0 Å². The largest absolute Gasteiger partial charge is 0.542 e. The second-order valence-corrected chi connectivity index (χ2v) is 7.78. The van der Waals surface area contributed by atoms with Crippen LogP contribution in [-0.4, -0.2) is 10.7 Å². The van der Waals surface area contributed by atoms with Gasteiger partial charge in [-0.3, -0.25) is 0 Å². The molecule has 2 atom stereocenters. The molecule has 3 aliphatic rings. The van der Waals surface area contributed by atoms with Gasteiger partial charge in [-0.2, -0.15) is 0 Å². The second kappa shape index (κ2) is 5.81. The van der Waals surface area contributed by atoms with E-state index in [4.69, 9.17) is 9.85 Å². The first kappa shape index (κ1) is 15.8. The van der Waals surface area contributed by atoms with Gasteiger partial charge in [-0.05, 0) is 54.2 Å². The van der Waals surface area contributed by atoms with Gasteiger partial charge in [0.25, 0.3) is 5.70 Å². The van der Waals surface area contributed by atoms with Crippen molar-refractivity contribution in [3.05, 3.63) is 87.8 Å². The Kier molecular flexibility index (Phi) is 3.54. The zero-order valence-corrected chi connectivity index (χ0v) is 15.6. The fraction of sp³-hybridized carbons (Fsp3) is 0.238. The molecule has 0 radical (unpaired) electrons. The number of benzene rings is 2. The zero-order valence-electron chi connectivity index (χ0n) is 14.1. The van der Waals surface area contributed by atoms with Gasteiger partial charge in [0, 0.05) is 16.1 Å². The van der Waals surface area contributed by atoms with Crippen LogP contribution < -0.4 is 5.11 Å². The van der Waals surface area contributed by atoms with E-state index in [1.807, 2.05) is 59.3 Å². The summed E-state index contributed by atoms with van der Waals surface area (Å²) in [6, 6.07) is 17.7. The Bertz CT molecular complexity index is 963. The van der Waals surface area contributed by atoms with Crippen molar-refractivity contribution in [2.24, 2.45) is 5.11 Å². The number of nitrogens with zero attached hydrogens (tertiary/aromatic N) is 2. The highest BCUT2D eigenvalue weighted by molar-refractivity contribution is 9.10. The molecule has 0 N–H and O–H groups in total. The molecule has 2 aliphatic heterocycles. The first-order valence-electron chi connectivity index (χ1n) is 8.82. The van der Waals surface area contributed by atoms with Crippen LogP contribution in [0.4, 0.5) is 0 Å². The van der Waals surface area contributed by atoms with Crippen LogP contribution in [0.3, 0.4) is 0 Å². The molecule has 0 aromatic heterocycles. The lowest BCUT2D eigenvalue weighted by molar-refractivity contribution is -0.627. The summed E-state index contributed by atoms with van der Waals surface area (Å²) >= 11 is 3.45. The van der Waals surface area contributed by atoms with Gasteiger partial charge in [0.05, 0.1) is 5.56 Å². The first-order valence-corrected chi connectivity index (χ1v) is 9.61. The van der Waals surface area contributed by atoms with Gasteiger partial charge in [-0.1, -0.05) is 51.0 Å². The van der Waals surface area contributed by atoms with Crippen molar-refractivity contribution in [2.75, 3.05) is 0 Å². The van der Waals surface area contributed by atoms with Gasteiger partial charge in [0.1, 0.15) is 12.0 Å². The molecular weight excluding hydrogens is 392 g/mol. The molecule has 26 heavy (non-hydrogen) atoms. The maximum Gasteiger partial charge on any atom is 0.302 e. The van der Waals surface area contributed by atoms with E-state index in [-0.39, 0.29) is 12.0 Å². The minimum atomic E-state index is -0.975. The first-order chi connectivity index (χ1) is 12.7. The van der Waals surface area contributed by atoms with Crippen molar-refractivity contribution < 1.29 is 14.5 Å². The summed E-state index contributed by atoms with van der Waals surface area (Å²) in [6.07, 6.45) is 5.29. The Morgan fingerprint density at radius 2 is 1.88 bits per heavy atom. The molecule has 0 amide bonds. The lowest BCUT2D eigenvalue weighted by Gasteiger charge is -2.30. The summed E-state index contributed by atoms with van der Waals surface area (Å²) < 4.78 is 8.79. The van der Waals surface area contributed by atoms with Crippen molar-refractivity contribution in [3.8, 4) is 0 Å². The topological polar surface area (TPSA) is 47.7 Å². The summed E-state index contributed by atoms with van der Waals surface area (Å²) in [7, 11) is 0. The molecule has 0 saturated heterocycles. The van der Waals surface area contributed by atoms with Crippen LogP contribution in [0.2, 0.25) is 0 Å². The van der Waals surface area contributed by atoms with E-state index < -0.39 is 5.72 Å².